The number of morpholine rings is 1. The van der Waals surface area contributed by atoms with E-state index in [4.69, 9.17) is 4.74 Å². The largest absolute Gasteiger partial charge is 0.374 e. The van der Waals surface area contributed by atoms with E-state index in [0.717, 1.165) is 19.6 Å². The molecule has 23 heavy (non-hydrogen) atoms. The van der Waals surface area contributed by atoms with Crippen molar-refractivity contribution in [1.82, 2.24) is 15.1 Å². The van der Waals surface area contributed by atoms with Crippen molar-refractivity contribution in [2.75, 3.05) is 46.9 Å². The lowest BCUT2D eigenvalue weighted by Crippen LogP contribution is -2.50. The molecule has 0 aromatic carbocycles. The summed E-state index contributed by atoms with van der Waals surface area (Å²) in [7, 11) is 4.09. The molecular weight excluding hydrogens is 310 g/mol. The SMILES string of the molecule is CC(C)[C@@H](NC(=O)CN1CCO[C@@H](CN(C)C)C1)c1cccs1. The van der Waals surface area contributed by atoms with Gasteiger partial charge >= 0.3 is 0 Å². The van der Waals surface area contributed by atoms with Crippen LogP contribution in [0.3, 0.4) is 0 Å². The summed E-state index contributed by atoms with van der Waals surface area (Å²) in [5, 5.41) is 5.26. The summed E-state index contributed by atoms with van der Waals surface area (Å²) >= 11 is 1.70. The van der Waals surface area contributed by atoms with Crippen LogP contribution in [-0.2, 0) is 9.53 Å². The Balaban J connectivity index is 1.85. The minimum atomic E-state index is 0.0983. The first kappa shape index (κ1) is 18.4. The molecule has 2 rings (SSSR count). The second-order valence-corrected chi connectivity index (χ2v) is 7.77. The average Bonchev–Trinajstić information content (AvgIpc) is 2.98. The van der Waals surface area contributed by atoms with Gasteiger partial charge in [0.05, 0.1) is 25.3 Å². The standard InChI is InChI=1S/C17H29N3O2S/c1-13(2)17(15-6-5-9-23-15)18-16(21)12-20-7-8-22-14(11-20)10-19(3)4/h5-6,9,13-14,17H,7-8,10-12H2,1-4H3,(H,18,21)/t14-,17+/m0/s1. The van der Waals surface area contributed by atoms with E-state index in [1.807, 2.05) is 20.2 Å². The Bertz CT molecular complexity index is 476. The summed E-state index contributed by atoms with van der Waals surface area (Å²) in [6, 6.07) is 4.23. The summed E-state index contributed by atoms with van der Waals surface area (Å²) in [6.07, 6.45) is 0.185. The molecular formula is C17H29N3O2S. The van der Waals surface area contributed by atoms with E-state index in [-0.39, 0.29) is 18.1 Å². The van der Waals surface area contributed by atoms with Crippen LogP contribution in [0, 0.1) is 5.92 Å². The highest BCUT2D eigenvalue weighted by Gasteiger charge is 2.24. The molecule has 1 saturated heterocycles. The van der Waals surface area contributed by atoms with Gasteiger partial charge in [-0.2, -0.15) is 0 Å². The Kier molecular flexibility index (Phi) is 7.02. The molecule has 2 heterocycles. The molecule has 2 atom stereocenters. The number of hydrogen-bond donors (Lipinski definition) is 1. The van der Waals surface area contributed by atoms with Crippen molar-refractivity contribution < 1.29 is 9.53 Å². The van der Waals surface area contributed by atoms with E-state index in [9.17, 15) is 4.79 Å². The van der Waals surface area contributed by atoms with Gasteiger partial charge in [-0.1, -0.05) is 19.9 Å². The molecule has 130 valence electrons. The van der Waals surface area contributed by atoms with Gasteiger partial charge in [-0.15, -0.1) is 11.3 Å². The van der Waals surface area contributed by atoms with E-state index in [1.165, 1.54) is 4.88 Å². The maximum Gasteiger partial charge on any atom is 0.234 e. The Hall–Kier alpha value is -0.950. The molecule has 1 fully saturated rings. The van der Waals surface area contributed by atoms with E-state index in [0.29, 0.717) is 19.1 Å². The summed E-state index contributed by atoms with van der Waals surface area (Å²) in [6.45, 7) is 7.97. The van der Waals surface area contributed by atoms with Gasteiger partial charge in [0.1, 0.15) is 0 Å². The van der Waals surface area contributed by atoms with E-state index >= 15 is 0 Å². The first-order chi connectivity index (χ1) is 11.0. The van der Waals surface area contributed by atoms with Gasteiger partial charge in [0.15, 0.2) is 0 Å². The third-order valence-electron chi connectivity index (χ3n) is 3.99. The Morgan fingerprint density at radius 1 is 1.52 bits per heavy atom. The predicted octanol–water partition coefficient (Wildman–Crippen LogP) is 1.82. The van der Waals surface area contributed by atoms with Crippen molar-refractivity contribution in [2.24, 2.45) is 5.92 Å². The molecule has 0 unspecified atom stereocenters. The van der Waals surface area contributed by atoms with Crippen LogP contribution in [0.15, 0.2) is 17.5 Å². The molecule has 1 aromatic heterocycles. The zero-order valence-electron chi connectivity index (χ0n) is 14.6. The van der Waals surface area contributed by atoms with Crippen molar-refractivity contribution in [3.8, 4) is 0 Å². The Morgan fingerprint density at radius 3 is 2.91 bits per heavy atom. The molecule has 1 amide bonds. The van der Waals surface area contributed by atoms with Gasteiger partial charge in [0.2, 0.25) is 5.91 Å². The van der Waals surface area contributed by atoms with Crippen LogP contribution in [0.25, 0.3) is 0 Å². The van der Waals surface area contributed by atoms with Crippen LogP contribution in [0.5, 0.6) is 0 Å². The monoisotopic (exact) mass is 339 g/mol. The van der Waals surface area contributed by atoms with E-state index in [1.54, 1.807) is 11.3 Å². The molecule has 1 N–H and O–H groups in total. The first-order valence-electron chi connectivity index (χ1n) is 8.27. The molecule has 1 aliphatic heterocycles. The highest BCUT2D eigenvalue weighted by molar-refractivity contribution is 7.10. The van der Waals surface area contributed by atoms with Crippen LogP contribution in [0.4, 0.5) is 0 Å². The van der Waals surface area contributed by atoms with Crippen LogP contribution in [0.2, 0.25) is 0 Å². The first-order valence-corrected chi connectivity index (χ1v) is 9.15. The number of nitrogens with one attached hydrogen (secondary N) is 1. The Labute approximate surface area is 143 Å². The molecule has 6 heteroatoms. The summed E-state index contributed by atoms with van der Waals surface area (Å²) in [5.74, 6) is 0.478. The lowest BCUT2D eigenvalue weighted by atomic mass is 10.0. The third kappa shape index (κ3) is 5.88. The highest BCUT2D eigenvalue weighted by Crippen LogP contribution is 2.25. The number of ether oxygens (including phenoxy) is 1. The molecule has 5 nitrogen and oxygen atoms in total. The lowest BCUT2D eigenvalue weighted by molar-refractivity contribution is -0.125. The summed E-state index contributed by atoms with van der Waals surface area (Å²) in [5.41, 5.74) is 0. The average molecular weight is 340 g/mol. The normalized spacial score (nSPS) is 20.9. The minimum absolute atomic E-state index is 0.0983. The second-order valence-electron chi connectivity index (χ2n) is 6.79. The Morgan fingerprint density at radius 2 is 2.30 bits per heavy atom. The fourth-order valence-electron chi connectivity index (χ4n) is 2.90. The predicted molar refractivity (Wildman–Crippen MR) is 94.8 cm³/mol. The summed E-state index contributed by atoms with van der Waals surface area (Å²) < 4.78 is 5.77. The number of rotatable bonds is 7. The van der Waals surface area contributed by atoms with Crippen LogP contribution < -0.4 is 5.32 Å². The number of thiophene rings is 1. The third-order valence-corrected chi connectivity index (χ3v) is 4.95. The van der Waals surface area contributed by atoms with Gasteiger partial charge in [-0.3, -0.25) is 9.69 Å². The van der Waals surface area contributed by atoms with Crippen LogP contribution >= 0.6 is 11.3 Å². The van der Waals surface area contributed by atoms with Crippen LogP contribution in [-0.4, -0.2) is 68.7 Å². The van der Waals surface area contributed by atoms with Crippen molar-refractivity contribution in [1.29, 1.82) is 0 Å². The molecule has 0 aliphatic carbocycles. The van der Waals surface area contributed by atoms with Crippen molar-refractivity contribution >= 4 is 17.2 Å². The number of hydrogen-bond acceptors (Lipinski definition) is 5. The fourth-order valence-corrected chi connectivity index (χ4v) is 3.85. The van der Waals surface area contributed by atoms with Gasteiger partial charge in [0, 0.05) is 24.5 Å². The maximum absolute atomic E-state index is 12.5. The van der Waals surface area contributed by atoms with Gasteiger partial charge in [-0.25, -0.2) is 0 Å². The molecule has 0 saturated carbocycles. The number of nitrogens with zero attached hydrogens (tertiary/aromatic N) is 2. The quantitative estimate of drug-likeness (QED) is 0.823. The van der Waals surface area contributed by atoms with Crippen LogP contribution in [0.1, 0.15) is 24.8 Å². The molecule has 0 radical (unpaired) electrons. The van der Waals surface area contributed by atoms with Crippen molar-refractivity contribution in [3.05, 3.63) is 22.4 Å². The van der Waals surface area contributed by atoms with Crippen molar-refractivity contribution in [2.45, 2.75) is 26.0 Å². The van der Waals surface area contributed by atoms with E-state index < -0.39 is 0 Å². The highest BCUT2D eigenvalue weighted by atomic mass is 32.1. The fraction of sp³-hybridized carbons (Fsp3) is 0.706. The zero-order chi connectivity index (χ0) is 16.8. The van der Waals surface area contributed by atoms with E-state index in [2.05, 4.69) is 40.4 Å². The number of amides is 1. The maximum atomic E-state index is 12.5. The summed E-state index contributed by atoms with van der Waals surface area (Å²) in [4.78, 5) is 18.0. The lowest BCUT2D eigenvalue weighted by Gasteiger charge is -2.34. The number of likely N-dealkylation sites (N-methyl/N-ethyl adjacent to an activating group) is 1. The zero-order valence-corrected chi connectivity index (χ0v) is 15.4. The molecule has 1 aliphatic rings. The second kappa shape index (κ2) is 8.78. The number of carbonyl (C=O) groups excluding carboxylic acids is 1. The smallest absolute Gasteiger partial charge is 0.234 e. The molecule has 0 spiro atoms. The molecule has 1 aromatic rings. The van der Waals surface area contributed by atoms with Gasteiger partial charge in [0.25, 0.3) is 0 Å². The van der Waals surface area contributed by atoms with Gasteiger partial charge < -0.3 is 15.0 Å². The topological polar surface area (TPSA) is 44.8 Å². The van der Waals surface area contributed by atoms with Crippen molar-refractivity contribution in [3.63, 3.8) is 0 Å². The number of carbonyl (C=O) groups is 1. The minimum Gasteiger partial charge on any atom is -0.374 e. The molecule has 0 bridgehead atoms. The van der Waals surface area contributed by atoms with Gasteiger partial charge in [-0.05, 0) is 31.5 Å².